The van der Waals surface area contributed by atoms with Crippen LogP contribution in [0.2, 0.25) is 0 Å². The van der Waals surface area contributed by atoms with Gasteiger partial charge in [0, 0.05) is 34.2 Å². The second kappa shape index (κ2) is 8.51. The van der Waals surface area contributed by atoms with Crippen molar-refractivity contribution in [3.63, 3.8) is 0 Å². The number of non-ortho nitro benzene ring substituents is 1. The Labute approximate surface area is 193 Å². The number of nitrogens with zero attached hydrogens (tertiary/aromatic N) is 2. The first-order chi connectivity index (χ1) is 16.5. The van der Waals surface area contributed by atoms with Crippen LogP contribution >= 0.6 is 0 Å². The molecule has 0 aliphatic carbocycles. The third-order valence-electron chi connectivity index (χ3n) is 5.59. The van der Waals surface area contributed by atoms with Crippen molar-refractivity contribution in [3.05, 3.63) is 106 Å². The zero-order valence-corrected chi connectivity index (χ0v) is 17.7. The number of H-pyrrole nitrogens is 1. The highest BCUT2D eigenvalue weighted by atomic mass is 16.6. The number of benzene rings is 4. The van der Waals surface area contributed by atoms with E-state index in [2.05, 4.69) is 15.5 Å². The summed E-state index contributed by atoms with van der Waals surface area (Å²) in [5, 5.41) is 27.9. The third-order valence-corrected chi connectivity index (χ3v) is 5.59. The van der Waals surface area contributed by atoms with E-state index in [-0.39, 0.29) is 17.1 Å². The first kappa shape index (κ1) is 20.9. The van der Waals surface area contributed by atoms with Gasteiger partial charge in [-0.1, -0.05) is 60.7 Å². The molecule has 1 aromatic heterocycles. The lowest BCUT2D eigenvalue weighted by Crippen LogP contribution is -2.18. The summed E-state index contributed by atoms with van der Waals surface area (Å²) in [5.74, 6) is -0.478. The molecule has 5 rings (SSSR count). The number of hydrazone groups is 1. The molecule has 5 aromatic rings. The van der Waals surface area contributed by atoms with E-state index in [1.807, 2.05) is 54.6 Å². The molecule has 0 aliphatic rings. The highest BCUT2D eigenvalue weighted by Crippen LogP contribution is 2.34. The molecule has 0 bridgehead atoms. The Morgan fingerprint density at radius 1 is 0.971 bits per heavy atom. The average molecular weight is 450 g/mol. The van der Waals surface area contributed by atoms with Crippen molar-refractivity contribution >= 4 is 39.5 Å². The van der Waals surface area contributed by atoms with Gasteiger partial charge >= 0.3 is 0 Å². The van der Waals surface area contributed by atoms with Gasteiger partial charge in [0.2, 0.25) is 0 Å². The van der Waals surface area contributed by atoms with E-state index in [0.29, 0.717) is 22.0 Å². The number of fused-ring (bicyclic) bond motifs is 2. The molecule has 1 heterocycles. The van der Waals surface area contributed by atoms with Crippen LogP contribution in [0.15, 0.2) is 90.0 Å². The van der Waals surface area contributed by atoms with Crippen molar-refractivity contribution in [1.29, 1.82) is 0 Å². The summed E-state index contributed by atoms with van der Waals surface area (Å²) >= 11 is 0. The molecule has 0 aliphatic heterocycles. The number of phenols is 1. The van der Waals surface area contributed by atoms with Gasteiger partial charge in [-0.25, -0.2) is 5.43 Å². The number of aromatic hydroxyl groups is 1. The molecule has 166 valence electrons. The van der Waals surface area contributed by atoms with Crippen molar-refractivity contribution in [1.82, 2.24) is 10.4 Å². The summed E-state index contributed by atoms with van der Waals surface area (Å²) in [6.07, 6.45) is 1.39. The average Bonchev–Trinajstić information content (AvgIpc) is 3.24. The van der Waals surface area contributed by atoms with Crippen LogP contribution in [0.25, 0.3) is 32.8 Å². The van der Waals surface area contributed by atoms with Gasteiger partial charge in [-0.05, 0) is 28.5 Å². The molecule has 0 saturated carbocycles. The van der Waals surface area contributed by atoms with Crippen LogP contribution in [0.3, 0.4) is 0 Å². The number of hydrogen-bond acceptors (Lipinski definition) is 5. The molecule has 1 amide bonds. The lowest BCUT2D eigenvalue weighted by atomic mass is 10.0. The number of phenolic OH excluding ortho intramolecular Hbond substituents is 1. The number of amides is 1. The van der Waals surface area contributed by atoms with Crippen LogP contribution in [0.1, 0.15) is 16.1 Å². The molecular weight excluding hydrogens is 432 g/mol. The molecule has 0 unspecified atom stereocenters. The fourth-order valence-electron chi connectivity index (χ4n) is 4.00. The van der Waals surface area contributed by atoms with Crippen molar-refractivity contribution < 1.29 is 14.8 Å². The van der Waals surface area contributed by atoms with Crippen molar-refractivity contribution in [3.8, 4) is 16.9 Å². The van der Waals surface area contributed by atoms with Gasteiger partial charge in [-0.2, -0.15) is 5.10 Å². The van der Waals surface area contributed by atoms with Gasteiger partial charge < -0.3 is 10.1 Å². The van der Waals surface area contributed by atoms with E-state index < -0.39 is 10.8 Å². The lowest BCUT2D eigenvalue weighted by molar-refractivity contribution is -0.384. The number of aromatic nitrogens is 1. The van der Waals surface area contributed by atoms with Crippen LogP contribution in [0.4, 0.5) is 5.69 Å². The second-order valence-electron chi connectivity index (χ2n) is 7.65. The van der Waals surface area contributed by atoms with Crippen molar-refractivity contribution in [2.75, 3.05) is 0 Å². The molecule has 8 heteroatoms. The highest BCUT2D eigenvalue weighted by Gasteiger charge is 2.21. The third kappa shape index (κ3) is 3.73. The van der Waals surface area contributed by atoms with Gasteiger partial charge in [0.05, 0.1) is 11.1 Å². The molecule has 3 N–H and O–H groups in total. The molecular formula is C26H18N4O4. The molecule has 0 saturated heterocycles. The predicted octanol–water partition coefficient (Wildman–Crippen LogP) is 5.37. The maximum atomic E-state index is 13.1. The highest BCUT2D eigenvalue weighted by molar-refractivity contribution is 6.10. The van der Waals surface area contributed by atoms with Gasteiger partial charge in [0.25, 0.3) is 11.6 Å². The number of rotatable bonds is 5. The van der Waals surface area contributed by atoms with E-state index in [0.717, 1.165) is 16.3 Å². The quantitative estimate of drug-likeness (QED) is 0.189. The Kier molecular flexibility index (Phi) is 5.23. The lowest BCUT2D eigenvalue weighted by Gasteiger charge is -2.06. The van der Waals surface area contributed by atoms with E-state index in [9.17, 15) is 20.0 Å². The first-order valence-corrected chi connectivity index (χ1v) is 10.4. The first-order valence-electron chi connectivity index (χ1n) is 10.4. The minimum Gasteiger partial charge on any atom is -0.507 e. The molecule has 4 aromatic carbocycles. The minimum atomic E-state index is -0.520. The zero-order chi connectivity index (χ0) is 23.7. The predicted molar refractivity (Wildman–Crippen MR) is 131 cm³/mol. The van der Waals surface area contributed by atoms with Crippen molar-refractivity contribution in [2.24, 2.45) is 5.10 Å². The maximum Gasteiger partial charge on any atom is 0.288 e. The van der Waals surface area contributed by atoms with E-state index in [4.69, 9.17) is 0 Å². The van der Waals surface area contributed by atoms with Gasteiger partial charge in [0.1, 0.15) is 11.4 Å². The number of carbonyl (C=O) groups excluding carboxylic acids is 1. The normalized spacial score (nSPS) is 11.3. The fourth-order valence-corrected chi connectivity index (χ4v) is 4.00. The molecule has 34 heavy (non-hydrogen) atoms. The summed E-state index contributed by atoms with van der Waals surface area (Å²) in [7, 11) is 0. The standard InChI is InChI=1S/C26H18N4O4/c31-23-13-10-16-6-4-5-9-19(16)21(23)15-27-29-26(32)25-24(17-7-2-1-3-8-17)20-14-18(30(33)34)11-12-22(20)28-25/h1-15,28,31H,(H,29,32). The van der Waals surface area contributed by atoms with Crippen LogP contribution in [0, 0.1) is 10.1 Å². The topological polar surface area (TPSA) is 121 Å². The largest absolute Gasteiger partial charge is 0.507 e. The summed E-state index contributed by atoms with van der Waals surface area (Å²) in [5.41, 5.74) is 5.00. The van der Waals surface area contributed by atoms with Gasteiger partial charge in [-0.15, -0.1) is 0 Å². The maximum absolute atomic E-state index is 13.1. The number of hydrogen-bond donors (Lipinski definition) is 3. The van der Waals surface area contributed by atoms with Crippen LogP contribution in [0.5, 0.6) is 5.75 Å². The number of aromatic amines is 1. The number of nitrogens with one attached hydrogen (secondary N) is 2. The van der Waals surface area contributed by atoms with Crippen molar-refractivity contribution in [2.45, 2.75) is 0 Å². The Morgan fingerprint density at radius 3 is 2.53 bits per heavy atom. The number of nitro benzene ring substituents is 1. The number of carbonyl (C=O) groups is 1. The smallest absolute Gasteiger partial charge is 0.288 e. The Bertz CT molecular complexity index is 1590. The molecule has 0 spiro atoms. The fraction of sp³-hybridized carbons (Fsp3) is 0. The molecule has 0 fully saturated rings. The van der Waals surface area contributed by atoms with E-state index in [1.54, 1.807) is 18.2 Å². The van der Waals surface area contributed by atoms with Crippen LogP contribution in [-0.2, 0) is 0 Å². The molecule has 0 atom stereocenters. The van der Waals surface area contributed by atoms with Crippen LogP contribution in [-0.4, -0.2) is 27.1 Å². The summed E-state index contributed by atoms with van der Waals surface area (Å²) in [6.45, 7) is 0. The monoisotopic (exact) mass is 450 g/mol. The summed E-state index contributed by atoms with van der Waals surface area (Å²) < 4.78 is 0. The van der Waals surface area contributed by atoms with Gasteiger partial charge in [-0.3, -0.25) is 14.9 Å². The SMILES string of the molecule is O=C(NN=Cc1c(O)ccc2ccccc12)c1[nH]c2ccc([N+](=O)[O-])cc2c1-c1ccccc1. The Balaban J connectivity index is 1.54. The van der Waals surface area contributed by atoms with Gasteiger partial charge in [0.15, 0.2) is 0 Å². The van der Waals surface area contributed by atoms with E-state index >= 15 is 0 Å². The zero-order valence-electron chi connectivity index (χ0n) is 17.7. The number of nitro groups is 1. The molecule has 0 radical (unpaired) electrons. The molecule has 8 nitrogen and oxygen atoms in total. The minimum absolute atomic E-state index is 0.0413. The van der Waals surface area contributed by atoms with Crippen LogP contribution < -0.4 is 5.43 Å². The summed E-state index contributed by atoms with van der Waals surface area (Å²) in [6, 6.07) is 24.5. The summed E-state index contributed by atoms with van der Waals surface area (Å²) in [4.78, 5) is 27.0. The second-order valence-corrected chi connectivity index (χ2v) is 7.65. The van der Waals surface area contributed by atoms with E-state index in [1.165, 1.54) is 18.3 Å². The Morgan fingerprint density at radius 2 is 1.74 bits per heavy atom. The Hall–Kier alpha value is -4.98.